The Balaban J connectivity index is 1.89. The standard InChI is InChI=1S/C16H21ClF3N3O4S/c1-10-8-23(9-11(2)27-10)28(25,26)6-5-21-15(24)22-12-3-4-14(17)13(7-12)16(18,19)20/h3-4,7,10-11H,5-6,8-9H2,1-2H3,(H2,21,22,24)/t10-,11-/m1/s1. The Bertz CT molecular complexity index is 810. The Morgan fingerprint density at radius 2 is 1.89 bits per heavy atom. The van der Waals surface area contributed by atoms with Crippen LogP contribution in [-0.4, -0.2) is 56.3 Å². The summed E-state index contributed by atoms with van der Waals surface area (Å²) >= 11 is 5.52. The van der Waals surface area contributed by atoms with Gasteiger partial charge in [-0.3, -0.25) is 0 Å². The van der Waals surface area contributed by atoms with Gasteiger partial charge in [0.25, 0.3) is 0 Å². The number of urea groups is 1. The van der Waals surface area contributed by atoms with Crippen molar-refractivity contribution >= 4 is 33.3 Å². The number of benzene rings is 1. The topological polar surface area (TPSA) is 87.7 Å². The Hall–Kier alpha value is -1.56. The summed E-state index contributed by atoms with van der Waals surface area (Å²) in [5.41, 5.74) is -1.20. The number of alkyl halides is 3. The van der Waals surface area contributed by atoms with Crippen molar-refractivity contribution < 1.29 is 31.1 Å². The fraction of sp³-hybridized carbons (Fsp3) is 0.562. The second kappa shape index (κ2) is 8.85. The van der Waals surface area contributed by atoms with Gasteiger partial charge in [0.05, 0.1) is 28.5 Å². The molecule has 1 aromatic carbocycles. The number of hydrogen-bond donors (Lipinski definition) is 2. The van der Waals surface area contributed by atoms with Crippen LogP contribution in [0.3, 0.4) is 0 Å². The predicted octanol–water partition coefficient (Wildman–Crippen LogP) is 2.92. The molecule has 28 heavy (non-hydrogen) atoms. The summed E-state index contributed by atoms with van der Waals surface area (Å²) < 4.78 is 70.0. The molecule has 1 aliphatic rings. The average Bonchev–Trinajstić information content (AvgIpc) is 2.54. The first-order chi connectivity index (χ1) is 12.9. The maximum atomic E-state index is 12.8. The zero-order valence-electron chi connectivity index (χ0n) is 15.2. The molecule has 1 aliphatic heterocycles. The van der Waals surface area contributed by atoms with Crippen LogP contribution in [0.25, 0.3) is 0 Å². The molecule has 7 nitrogen and oxygen atoms in total. The fourth-order valence-corrected chi connectivity index (χ4v) is 4.49. The van der Waals surface area contributed by atoms with E-state index in [1.54, 1.807) is 13.8 Å². The number of nitrogens with zero attached hydrogens (tertiary/aromatic N) is 1. The molecule has 0 spiro atoms. The quantitative estimate of drug-likeness (QED) is 0.732. The lowest BCUT2D eigenvalue weighted by atomic mass is 10.2. The van der Waals surface area contributed by atoms with Crippen molar-refractivity contribution in [2.45, 2.75) is 32.2 Å². The minimum Gasteiger partial charge on any atom is -0.373 e. The van der Waals surface area contributed by atoms with E-state index in [-0.39, 0.29) is 43.3 Å². The minimum absolute atomic E-state index is 0.118. The van der Waals surface area contributed by atoms with Crippen molar-refractivity contribution in [3.8, 4) is 0 Å². The van der Waals surface area contributed by atoms with Crippen LogP contribution >= 0.6 is 11.6 Å². The smallest absolute Gasteiger partial charge is 0.373 e. The number of halogens is 4. The van der Waals surface area contributed by atoms with Gasteiger partial charge in [-0.1, -0.05) is 11.6 Å². The van der Waals surface area contributed by atoms with Crippen LogP contribution in [0.1, 0.15) is 19.4 Å². The normalized spacial score (nSPS) is 21.4. The fourth-order valence-electron chi connectivity index (χ4n) is 2.78. The van der Waals surface area contributed by atoms with Crippen LogP contribution in [0.5, 0.6) is 0 Å². The molecular formula is C16H21ClF3N3O4S. The van der Waals surface area contributed by atoms with Gasteiger partial charge in [-0.15, -0.1) is 0 Å². The van der Waals surface area contributed by atoms with Crippen molar-refractivity contribution in [3.05, 3.63) is 28.8 Å². The molecule has 2 N–H and O–H groups in total. The molecule has 0 radical (unpaired) electrons. The Morgan fingerprint density at radius 3 is 2.46 bits per heavy atom. The summed E-state index contributed by atoms with van der Waals surface area (Å²) in [6.45, 7) is 3.79. The van der Waals surface area contributed by atoms with Gasteiger partial charge in [-0.25, -0.2) is 13.2 Å². The number of ether oxygens (including phenoxy) is 1. The molecule has 158 valence electrons. The highest BCUT2D eigenvalue weighted by Gasteiger charge is 2.33. The third-order valence-electron chi connectivity index (χ3n) is 3.95. The van der Waals surface area contributed by atoms with E-state index in [1.165, 1.54) is 10.4 Å². The minimum atomic E-state index is -4.66. The summed E-state index contributed by atoms with van der Waals surface area (Å²) in [7, 11) is -3.60. The van der Waals surface area contributed by atoms with Gasteiger partial charge in [0.2, 0.25) is 10.0 Å². The van der Waals surface area contributed by atoms with Crippen LogP contribution in [0.4, 0.5) is 23.7 Å². The molecule has 0 saturated carbocycles. The van der Waals surface area contributed by atoms with Crippen molar-refractivity contribution in [2.75, 3.05) is 30.7 Å². The van der Waals surface area contributed by atoms with Gasteiger partial charge < -0.3 is 15.4 Å². The van der Waals surface area contributed by atoms with Gasteiger partial charge >= 0.3 is 12.2 Å². The maximum Gasteiger partial charge on any atom is 0.417 e. The molecule has 1 aromatic rings. The lowest BCUT2D eigenvalue weighted by molar-refractivity contribution is -0.137. The summed E-state index contributed by atoms with van der Waals surface area (Å²) in [6, 6.07) is 2.11. The second-order valence-electron chi connectivity index (χ2n) is 6.46. The molecule has 1 heterocycles. The van der Waals surface area contributed by atoms with Crippen molar-refractivity contribution in [3.63, 3.8) is 0 Å². The van der Waals surface area contributed by atoms with Crippen molar-refractivity contribution in [1.29, 1.82) is 0 Å². The number of sulfonamides is 1. The summed E-state index contributed by atoms with van der Waals surface area (Å²) in [5, 5.41) is 4.06. The van der Waals surface area contributed by atoms with E-state index in [1.807, 2.05) is 0 Å². The molecule has 0 unspecified atom stereocenters. The summed E-state index contributed by atoms with van der Waals surface area (Å²) in [4.78, 5) is 11.9. The van der Waals surface area contributed by atoms with E-state index in [2.05, 4.69) is 10.6 Å². The van der Waals surface area contributed by atoms with E-state index in [0.717, 1.165) is 6.07 Å². The van der Waals surface area contributed by atoms with Crippen LogP contribution in [0.15, 0.2) is 18.2 Å². The molecule has 0 aliphatic carbocycles. The number of hydrogen-bond acceptors (Lipinski definition) is 4. The van der Waals surface area contributed by atoms with Gasteiger partial charge in [0.15, 0.2) is 0 Å². The van der Waals surface area contributed by atoms with Gasteiger partial charge in [0, 0.05) is 25.3 Å². The molecule has 0 aromatic heterocycles. The van der Waals surface area contributed by atoms with Crippen molar-refractivity contribution in [1.82, 2.24) is 9.62 Å². The maximum absolute atomic E-state index is 12.8. The summed E-state index contributed by atoms with van der Waals surface area (Å²) in [6.07, 6.45) is -5.13. The molecular weight excluding hydrogens is 423 g/mol. The van der Waals surface area contributed by atoms with E-state index in [0.29, 0.717) is 6.07 Å². The van der Waals surface area contributed by atoms with Crippen LogP contribution in [0.2, 0.25) is 5.02 Å². The number of rotatable bonds is 5. The third-order valence-corrected chi connectivity index (χ3v) is 6.09. The van der Waals surface area contributed by atoms with Crippen LogP contribution < -0.4 is 10.6 Å². The average molecular weight is 444 g/mol. The van der Waals surface area contributed by atoms with Gasteiger partial charge in [-0.2, -0.15) is 17.5 Å². The Morgan fingerprint density at radius 1 is 1.29 bits per heavy atom. The highest BCUT2D eigenvalue weighted by molar-refractivity contribution is 7.89. The largest absolute Gasteiger partial charge is 0.417 e. The first-order valence-electron chi connectivity index (χ1n) is 8.43. The number of carbonyl (C=O) groups excluding carboxylic acids is 1. The Labute approximate surface area is 166 Å². The molecule has 1 saturated heterocycles. The molecule has 2 rings (SSSR count). The van der Waals surface area contributed by atoms with Gasteiger partial charge in [-0.05, 0) is 32.0 Å². The predicted molar refractivity (Wildman–Crippen MR) is 98.8 cm³/mol. The lowest BCUT2D eigenvalue weighted by Crippen LogP contribution is -2.49. The van der Waals surface area contributed by atoms with E-state index >= 15 is 0 Å². The number of nitrogens with one attached hydrogen (secondary N) is 2. The third kappa shape index (κ3) is 6.23. The Kier molecular flexibility index (Phi) is 7.18. The second-order valence-corrected chi connectivity index (χ2v) is 8.96. The summed E-state index contributed by atoms with van der Waals surface area (Å²) in [5.74, 6) is -0.339. The monoisotopic (exact) mass is 443 g/mol. The number of anilines is 1. The molecule has 0 bridgehead atoms. The van der Waals surface area contributed by atoms with Crippen LogP contribution in [-0.2, 0) is 20.9 Å². The highest BCUT2D eigenvalue weighted by Crippen LogP contribution is 2.36. The lowest BCUT2D eigenvalue weighted by Gasteiger charge is -2.34. The number of morpholine rings is 1. The number of amides is 2. The molecule has 12 heteroatoms. The SMILES string of the molecule is C[C@@H]1CN(S(=O)(=O)CCNC(=O)Nc2ccc(Cl)c(C(F)(F)F)c2)C[C@@H](C)O1. The van der Waals surface area contributed by atoms with E-state index < -0.39 is 32.8 Å². The van der Waals surface area contributed by atoms with E-state index in [4.69, 9.17) is 16.3 Å². The first-order valence-corrected chi connectivity index (χ1v) is 10.4. The van der Waals surface area contributed by atoms with E-state index in [9.17, 15) is 26.4 Å². The molecule has 2 amide bonds. The zero-order chi connectivity index (χ0) is 21.1. The first kappa shape index (κ1) is 22.7. The number of carbonyl (C=O) groups is 1. The molecule has 1 fully saturated rings. The van der Waals surface area contributed by atoms with Crippen LogP contribution in [0, 0.1) is 0 Å². The molecule has 2 atom stereocenters. The highest BCUT2D eigenvalue weighted by atomic mass is 35.5. The van der Waals surface area contributed by atoms with Crippen molar-refractivity contribution in [2.24, 2.45) is 0 Å². The van der Waals surface area contributed by atoms with Gasteiger partial charge in [0.1, 0.15) is 0 Å². The zero-order valence-corrected chi connectivity index (χ0v) is 16.8.